The highest BCUT2D eigenvalue weighted by Crippen LogP contribution is 2.28. The second-order valence-corrected chi connectivity index (χ2v) is 8.88. The monoisotopic (exact) mass is 446 g/mol. The number of hydrogen-bond acceptors (Lipinski definition) is 5. The third-order valence-corrected chi connectivity index (χ3v) is 6.80. The molecule has 1 heterocycles. The van der Waals surface area contributed by atoms with E-state index in [1.807, 2.05) is 0 Å². The minimum Gasteiger partial charge on any atom is -0.468 e. The SMILES string of the molecule is O=C(NCc1ccccc1Cl)C(=O)NCC(c1ccco1)S(=O)(=O)c1ccccc1. The van der Waals surface area contributed by atoms with Crippen molar-refractivity contribution in [1.82, 2.24) is 10.6 Å². The second kappa shape index (κ2) is 9.60. The van der Waals surface area contributed by atoms with Crippen molar-refractivity contribution >= 4 is 33.3 Å². The van der Waals surface area contributed by atoms with Crippen molar-refractivity contribution < 1.29 is 22.4 Å². The molecule has 0 saturated heterocycles. The molecule has 156 valence electrons. The number of halogens is 1. The van der Waals surface area contributed by atoms with E-state index in [9.17, 15) is 18.0 Å². The Hall–Kier alpha value is -3.10. The zero-order valence-electron chi connectivity index (χ0n) is 15.7. The molecule has 7 nitrogen and oxygen atoms in total. The summed E-state index contributed by atoms with van der Waals surface area (Å²) in [6, 6.07) is 17.8. The number of amides is 2. The molecule has 0 aliphatic carbocycles. The minimum atomic E-state index is -3.86. The molecule has 0 saturated carbocycles. The molecule has 30 heavy (non-hydrogen) atoms. The van der Waals surface area contributed by atoms with E-state index in [0.29, 0.717) is 10.6 Å². The molecule has 0 radical (unpaired) electrons. The highest BCUT2D eigenvalue weighted by molar-refractivity contribution is 7.91. The van der Waals surface area contributed by atoms with E-state index in [1.54, 1.807) is 48.5 Å². The molecule has 2 aromatic carbocycles. The summed E-state index contributed by atoms with van der Waals surface area (Å²) < 4.78 is 31.3. The van der Waals surface area contributed by atoms with Gasteiger partial charge in [0, 0.05) is 18.1 Å². The van der Waals surface area contributed by atoms with E-state index in [4.69, 9.17) is 16.0 Å². The first kappa shape index (κ1) is 21.6. The number of hydrogen-bond donors (Lipinski definition) is 2. The van der Waals surface area contributed by atoms with E-state index >= 15 is 0 Å². The molecule has 0 aliphatic rings. The second-order valence-electron chi connectivity index (χ2n) is 6.35. The number of furan rings is 1. The van der Waals surface area contributed by atoms with Crippen molar-refractivity contribution in [2.24, 2.45) is 0 Å². The Morgan fingerprint density at radius 1 is 0.900 bits per heavy atom. The smallest absolute Gasteiger partial charge is 0.309 e. The maximum atomic E-state index is 13.0. The lowest BCUT2D eigenvalue weighted by Crippen LogP contribution is -2.42. The van der Waals surface area contributed by atoms with Crippen LogP contribution in [0.5, 0.6) is 0 Å². The average Bonchev–Trinajstić information content (AvgIpc) is 3.27. The molecule has 2 N–H and O–H groups in total. The number of sulfone groups is 1. The van der Waals surface area contributed by atoms with Crippen LogP contribution in [0.4, 0.5) is 0 Å². The molecule has 3 rings (SSSR count). The van der Waals surface area contributed by atoms with Gasteiger partial charge in [-0.25, -0.2) is 8.42 Å². The van der Waals surface area contributed by atoms with Gasteiger partial charge in [-0.1, -0.05) is 48.0 Å². The zero-order chi connectivity index (χ0) is 21.6. The van der Waals surface area contributed by atoms with E-state index in [1.165, 1.54) is 24.5 Å². The molecule has 9 heteroatoms. The standard InChI is InChI=1S/C21H19ClN2O5S/c22-17-10-5-4-7-15(17)13-23-20(25)21(26)24-14-19(18-11-6-12-29-18)30(27,28)16-8-2-1-3-9-16/h1-12,19H,13-14H2,(H,23,25)(H,24,26). The van der Waals surface area contributed by atoms with Gasteiger partial charge < -0.3 is 15.1 Å². The van der Waals surface area contributed by atoms with Crippen molar-refractivity contribution in [3.05, 3.63) is 89.3 Å². The van der Waals surface area contributed by atoms with Gasteiger partial charge in [0.1, 0.15) is 11.0 Å². The van der Waals surface area contributed by atoms with Crippen LogP contribution in [0.3, 0.4) is 0 Å². The van der Waals surface area contributed by atoms with Crippen LogP contribution in [0.2, 0.25) is 5.02 Å². The summed E-state index contributed by atoms with van der Waals surface area (Å²) in [7, 11) is -3.86. The van der Waals surface area contributed by atoms with Gasteiger partial charge in [-0.15, -0.1) is 0 Å². The summed E-state index contributed by atoms with van der Waals surface area (Å²) in [5.74, 6) is -1.69. The maximum absolute atomic E-state index is 13.0. The molecule has 1 atom stereocenters. The third-order valence-electron chi connectivity index (χ3n) is 4.36. The van der Waals surface area contributed by atoms with Crippen LogP contribution in [-0.4, -0.2) is 26.8 Å². The molecular weight excluding hydrogens is 428 g/mol. The lowest BCUT2D eigenvalue weighted by molar-refractivity contribution is -0.139. The fourth-order valence-electron chi connectivity index (χ4n) is 2.78. The number of carbonyl (C=O) groups excluding carboxylic acids is 2. The minimum absolute atomic E-state index is 0.0653. The molecule has 0 spiro atoms. The first-order chi connectivity index (χ1) is 14.4. The highest BCUT2D eigenvalue weighted by atomic mass is 35.5. The quantitative estimate of drug-likeness (QED) is 0.543. The summed E-state index contributed by atoms with van der Waals surface area (Å²) in [6.07, 6.45) is 1.35. The van der Waals surface area contributed by atoms with Gasteiger partial charge in [-0.2, -0.15) is 0 Å². The molecule has 0 fully saturated rings. The zero-order valence-corrected chi connectivity index (χ0v) is 17.3. The van der Waals surface area contributed by atoms with Crippen molar-refractivity contribution in [3.8, 4) is 0 Å². The topological polar surface area (TPSA) is 105 Å². The van der Waals surface area contributed by atoms with Crippen LogP contribution < -0.4 is 10.6 Å². The number of rotatable bonds is 7. The first-order valence-corrected chi connectivity index (χ1v) is 10.9. The Morgan fingerprint density at radius 3 is 2.23 bits per heavy atom. The predicted octanol–water partition coefficient (Wildman–Crippen LogP) is 2.88. The third kappa shape index (κ3) is 5.08. The van der Waals surface area contributed by atoms with E-state index < -0.39 is 26.9 Å². The molecule has 1 unspecified atom stereocenters. The highest BCUT2D eigenvalue weighted by Gasteiger charge is 2.32. The Labute approximate surface area is 179 Å². The van der Waals surface area contributed by atoms with E-state index in [0.717, 1.165) is 0 Å². The van der Waals surface area contributed by atoms with Gasteiger partial charge >= 0.3 is 11.8 Å². The van der Waals surface area contributed by atoms with Gasteiger partial charge in [0.2, 0.25) is 0 Å². The van der Waals surface area contributed by atoms with Gasteiger partial charge in [0.25, 0.3) is 0 Å². The number of benzene rings is 2. The summed E-state index contributed by atoms with van der Waals surface area (Å²) >= 11 is 6.03. The largest absolute Gasteiger partial charge is 0.468 e. The Bertz CT molecular complexity index is 1120. The van der Waals surface area contributed by atoms with Gasteiger partial charge in [0.15, 0.2) is 9.84 Å². The normalized spacial score (nSPS) is 12.2. The predicted molar refractivity (Wildman–Crippen MR) is 111 cm³/mol. The molecule has 0 aliphatic heterocycles. The lowest BCUT2D eigenvalue weighted by atomic mass is 10.2. The van der Waals surface area contributed by atoms with E-state index in [2.05, 4.69) is 10.6 Å². The van der Waals surface area contributed by atoms with Crippen LogP contribution in [0, 0.1) is 0 Å². The average molecular weight is 447 g/mol. The summed E-state index contributed by atoms with van der Waals surface area (Å²) in [5, 5.41) is 4.11. The van der Waals surface area contributed by atoms with Crippen LogP contribution >= 0.6 is 11.6 Å². The first-order valence-electron chi connectivity index (χ1n) is 9.01. The molecule has 2 amide bonds. The van der Waals surface area contributed by atoms with Crippen molar-refractivity contribution in [1.29, 1.82) is 0 Å². The van der Waals surface area contributed by atoms with Crippen LogP contribution in [0.15, 0.2) is 82.3 Å². The van der Waals surface area contributed by atoms with Crippen molar-refractivity contribution in [3.63, 3.8) is 0 Å². The molecule has 0 bridgehead atoms. The summed E-state index contributed by atoms with van der Waals surface area (Å²) in [5.41, 5.74) is 0.653. The van der Waals surface area contributed by atoms with Crippen LogP contribution in [0.1, 0.15) is 16.6 Å². The Kier molecular flexibility index (Phi) is 6.91. The molecule has 1 aromatic heterocycles. The Balaban J connectivity index is 1.68. The fourth-order valence-corrected chi connectivity index (χ4v) is 4.59. The van der Waals surface area contributed by atoms with Gasteiger partial charge in [-0.3, -0.25) is 9.59 Å². The molecule has 3 aromatic rings. The van der Waals surface area contributed by atoms with Gasteiger partial charge in [0.05, 0.1) is 11.2 Å². The number of carbonyl (C=O) groups is 2. The van der Waals surface area contributed by atoms with Gasteiger partial charge in [-0.05, 0) is 35.9 Å². The van der Waals surface area contributed by atoms with E-state index in [-0.39, 0.29) is 23.7 Å². The fraction of sp³-hybridized carbons (Fsp3) is 0.143. The summed E-state index contributed by atoms with van der Waals surface area (Å²) in [6.45, 7) is -0.265. The molecular formula is C21H19ClN2O5S. The number of nitrogens with one attached hydrogen (secondary N) is 2. The van der Waals surface area contributed by atoms with Crippen LogP contribution in [-0.2, 0) is 26.0 Å². The Morgan fingerprint density at radius 2 is 1.57 bits per heavy atom. The van der Waals surface area contributed by atoms with Crippen molar-refractivity contribution in [2.45, 2.75) is 16.7 Å². The summed E-state index contributed by atoms with van der Waals surface area (Å²) in [4.78, 5) is 24.4. The van der Waals surface area contributed by atoms with Crippen molar-refractivity contribution in [2.75, 3.05) is 6.54 Å². The van der Waals surface area contributed by atoms with Crippen LogP contribution in [0.25, 0.3) is 0 Å². The lowest BCUT2D eigenvalue weighted by Gasteiger charge is -2.16. The maximum Gasteiger partial charge on any atom is 0.309 e.